The molecule has 7 nitrogen and oxygen atoms in total. The molecule has 10 heteroatoms. The van der Waals surface area contributed by atoms with Crippen LogP contribution in [0.4, 0.5) is 0 Å². The van der Waals surface area contributed by atoms with Gasteiger partial charge in [0.2, 0.25) is 10.0 Å². The minimum absolute atomic E-state index is 0.0128. The van der Waals surface area contributed by atoms with Crippen LogP contribution < -0.4 is 4.72 Å². The molecule has 0 unspecified atom stereocenters. The number of hydrogen-bond donors (Lipinski definition) is 1. The van der Waals surface area contributed by atoms with Crippen LogP contribution in [0.2, 0.25) is 5.02 Å². The zero-order chi connectivity index (χ0) is 21.3. The molecule has 1 N–H and O–H groups in total. The number of sulfone groups is 1. The highest BCUT2D eigenvalue weighted by Gasteiger charge is 2.35. The summed E-state index contributed by atoms with van der Waals surface area (Å²) in [6.45, 7) is 7.41. The Morgan fingerprint density at radius 3 is 2.46 bits per heavy atom. The number of rotatable bonds is 6. The van der Waals surface area contributed by atoms with Gasteiger partial charge in [0.1, 0.15) is 4.90 Å². The third-order valence-electron chi connectivity index (χ3n) is 4.28. The quantitative estimate of drug-likeness (QED) is 0.717. The first kappa shape index (κ1) is 23.1. The monoisotopic (exact) mass is 450 g/mol. The topological polar surface area (TPSA) is 101 Å². The van der Waals surface area contributed by atoms with Crippen LogP contribution in [0.1, 0.15) is 50.9 Å². The van der Waals surface area contributed by atoms with Crippen LogP contribution in [0.15, 0.2) is 23.1 Å². The number of hydrogen-bond acceptors (Lipinski definition) is 5. The molecule has 0 aromatic heterocycles. The molecule has 0 bridgehead atoms. The Labute approximate surface area is 172 Å². The van der Waals surface area contributed by atoms with Crippen molar-refractivity contribution in [3.63, 3.8) is 0 Å². The van der Waals surface area contributed by atoms with E-state index in [1.165, 1.54) is 23.1 Å². The zero-order valence-corrected chi connectivity index (χ0v) is 18.9. The molecule has 0 radical (unpaired) electrons. The molecule has 1 aromatic rings. The average Bonchev–Trinajstić information content (AvgIpc) is 2.89. The molecule has 2 rings (SSSR count). The summed E-state index contributed by atoms with van der Waals surface area (Å²) in [5.41, 5.74) is -0.550. The largest absolute Gasteiger partial charge is 0.335 e. The standard InChI is InChI=1S/C18H27ClN2O5S2/c1-5-9-21(14-8-10-27(23,24)12-14)17(22)13-6-7-15(19)16(11-13)28(25,26)20-18(2,3)4/h6-7,11,14,20H,5,8-10,12H2,1-4H3/t14-/m1/s1. The fourth-order valence-electron chi connectivity index (χ4n) is 3.18. The van der Waals surface area contributed by atoms with E-state index >= 15 is 0 Å². The van der Waals surface area contributed by atoms with E-state index in [2.05, 4.69) is 4.72 Å². The summed E-state index contributed by atoms with van der Waals surface area (Å²) in [7, 11) is -7.08. The third-order valence-corrected chi connectivity index (χ3v) is 8.27. The van der Waals surface area contributed by atoms with Crippen molar-refractivity contribution in [2.45, 2.75) is 57.0 Å². The Hall–Kier alpha value is -1.16. The molecule has 1 saturated heterocycles. The molecule has 1 aromatic carbocycles. The number of halogens is 1. The van der Waals surface area contributed by atoms with Crippen LogP contribution in [0.3, 0.4) is 0 Å². The minimum Gasteiger partial charge on any atom is -0.335 e. The normalized spacial score (nSPS) is 19.5. The van der Waals surface area contributed by atoms with Gasteiger partial charge >= 0.3 is 0 Å². The van der Waals surface area contributed by atoms with Crippen molar-refractivity contribution in [1.29, 1.82) is 0 Å². The van der Waals surface area contributed by atoms with E-state index in [9.17, 15) is 21.6 Å². The predicted octanol–water partition coefficient (Wildman–Crippen LogP) is 2.46. The van der Waals surface area contributed by atoms with E-state index in [-0.39, 0.29) is 27.0 Å². The van der Waals surface area contributed by atoms with Gasteiger partial charge in [-0.3, -0.25) is 4.79 Å². The molecule has 28 heavy (non-hydrogen) atoms. The van der Waals surface area contributed by atoms with Gasteiger partial charge in [-0.1, -0.05) is 18.5 Å². The summed E-state index contributed by atoms with van der Waals surface area (Å²) in [6, 6.07) is 3.69. The van der Waals surface area contributed by atoms with Crippen LogP contribution in [-0.4, -0.2) is 57.3 Å². The second-order valence-corrected chi connectivity index (χ2v) is 12.3. The fourth-order valence-corrected chi connectivity index (χ4v) is 6.85. The van der Waals surface area contributed by atoms with Gasteiger partial charge < -0.3 is 4.90 Å². The molecule has 0 saturated carbocycles. The predicted molar refractivity (Wildman–Crippen MR) is 110 cm³/mol. The molecule has 158 valence electrons. The van der Waals surface area contributed by atoms with Gasteiger partial charge in [0, 0.05) is 23.7 Å². The first-order valence-corrected chi connectivity index (χ1v) is 12.8. The number of nitrogens with zero attached hydrogens (tertiary/aromatic N) is 1. The highest BCUT2D eigenvalue weighted by atomic mass is 35.5. The lowest BCUT2D eigenvalue weighted by molar-refractivity contribution is 0.0697. The summed E-state index contributed by atoms with van der Waals surface area (Å²) < 4.78 is 51.5. The lowest BCUT2D eigenvalue weighted by atomic mass is 10.1. The highest BCUT2D eigenvalue weighted by molar-refractivity contribution is 7.91. The van der Waals surface area contributed by atoms with E-state index in [0.29, 0.717) is 19.4 Å². The van der Waals surface area contributed by atoms with Crippen molar-refractivity contribution >= 4 is 37.4 Å². The molecule has 1 heterocycles. The molecular formula is C18H27ClN2O5S2. The van der Waals surface area contributed by atoms with Crippen LogP contribution >= 0.6 is 11.6 Å². The van der Waals surface area contributed by atoms with Crippen molar-refractivity contribution in [3.05, 3.63) is 28.8 Å². The van der Waals surface area contributed by atoms with Crippen LogP contribution in [0.25, 0.3) is 0 Å². The van der Waals surface area contributed by atoms with Gasteiger partial charge in [-0.15, -0.1) is 0 Å². The smallest absolute Gasteiger partial charge is 0.254 e. The number of sulfonamides is 1. The van der Waals surface area contributed by atoms with E-state index in [0.717, 1.165) is 0 Å². The first-order chi connectivity index (χ1) is 12.8. The van der Waals surface area contributed by atoms with Crippen molar-refractivity contribution < 1.29 is 21.6 Å². The van der Waals surface area contributed by atoms with E-state index < -0.39 is 37.3 Å². The van der Waals surface area contributed by atoms with Crippen LogP contribution in [0.5, 0.6) is 0 Å². The highest BCUT2D eigenvalue weighted by Crippen LogP contribution is 2.26. The first-order valence-electron chi connectivity index (χ1n) is 9.11. The Morgan fingerprint density at radius 1 is 1.32 bits per heavy atom. The Bertz CT molecular complexity index is 953. The summed E-state index contributed by atoms with van der Waals surface area (Å²) in [4.78, 5) is 14.4. The number of carbonyl (C=O) groups excluding carboxylic acids is 1. The van der Waals surface area contributed by atoms with Crippen molar-refractivity contribution in [1.82, 2.24) is 9.62 Å². The van der Waals surface area contributed by atoms with E-state index in [4.69, 9.17) is 11.6 Å². The maximum atomic E-state index is 13.1. The van der Waals surface area contributed by atoms with Crippen molar-refractivity contribution in [2.75, 3.05) is 18.1 Å². The summed E-state index contributed by atoms with van der Waals surface area (Å²) in [6.07, 6.45) is 1.05. The Balaban J connectivity index is 2.39. The minimum atomic E-state index is -3.93. The Morgan fingerprint density at radius 2 is 1.96 bits per heavy atom. The molecule has 0 aliphatic carbocycles. The molecule has 1 atom stereocenters. The summed E-state index contributed by atoms with van der Waals surface area (Å²) in [5, 5.41) is 0.0128. The number of carbonyl (C=O) groups is 1. The second kappa shape index (κ2) is 8.30. The average molecular weight is 451 g/mol. The lowest BCUT2D eigenvalue weighted by Crippen LogP contribution is -2.42. The van der Waals surface area contributed by atoms with Crippen LogP contribution in [0, 0.1) is 0 Å². The Kier molecular flexibility index (Phi) is 6.85. The van der Waals surface area contributed by atoms with Gasteiger partial charge in [0.15, 0.2) is 9.84 Å². The van der Waals surface area contributed by atoms with Gasteiger partial charge in [-0.25, -0.2) is 21.6 Å². The number of benzene rings is 1. The molecule has 1 amide bonds. The number of nitrogens with one attached hydrogen (secondary N) is 1. The molecule has 1 fully saturated rings. The SMILES string of the molecule is CCCN(C(=O)c1ccc(Cl)c(S(=O)(=O)NC(C)(C)C)c1)[C@@H]1CCS(=O)(=O)C1. The van der Waals surface area contributed by atoms with Gasteiger partial charge in [-0.2, -0.15) is 0 Å². The summed E-state index contributed by atoms with van der Waals surface area (Å²) in [5.74, 6) is -0.405. The maximum absolute atomic E-state index is 13.1. The van der Waals surface area contributed by atoms with Gasteiger partial charge in [0.05, 0.1) is 16.5 Å². The molecule has 1 aliphatic rings. The van der Waals surface area contributed by atoms with E-state index in [1.54, 1.807) is 20.8 Å². The van der Waals surface area contributed by atoms with Gasteiger partial charge in [0.25, 0.3) is 5.91 Å². The third kappa shape index (κ3) is 5.68. The molecular weight excluding hydrogens is 424 g/mol. The maximum Gasteiger partial charge on any atom is 0.254 e. The zero-order valence-electron chi connectivity index (χ0n) is 16.5. The van der Waals surface area contributed by atoms with Crippen molar-refractivity contribution in [3.8, 4) is 0 Å². The van der Waals surface area contributed by atoms with Crippen LogP contribution in [-0.2, 0) is 19.9 Å². The molecule has 0 spiro atoms. The fraction of sp³-hybridized carbons (Fsp3) is 0.611. The second-order valence-electron chi connectivity index (χ2n) is 8.06. The van der Waals surface area contributed by atoms with E-state index in [1.807, 2.05) is 6.92 Å². The number of amides is 1. The summed E-state index contributed by atoms with van der Waals surface area (Å²) >= 11 is 6.10. The molecule has 1 aliphatic heterocycles. The van der Waals surface area contributed by atoms with Gasteiger partial charge in [-0.05, 0) is 51.8 Å². The lowest BCUT2D eigenvalue weighted by Gasteiger charge is -2.28. The van der Waals surface area contributed by atoms with Crippen molar-refractivity contribution in [2.24, 2.45) is 0 Å².